The zero-order valence-electron chi connectivity index (χ0n) is 12.9. The van der Waals surface area contributed by atoms with E-state index in [9.17, 15) is 15.0 Å². The summed E-state index contributed by atoms with van der Waals surface area (Å²) < 4.78 is 5.51. The van der Waals surface area contributed by atoms with Crippen molar-refractivity contribution in [2.45, 2.75) is 13.8 Å². The number of benzene rings is 2. The molecule has 0 aliphatic carbocycles. The number of ether oxygens (including phenoxy) is 1. The van der Waals surface area contributed by atoms with E-state index in [1.807, 2.05) is 32.0 Å². The van der Waals surface area contributed by atoms with E-state index in [4.69, 9.17) is 4.74 Å². The van der Waals surface area contributed by atoms with Gasteiger partial charge in [0, 0.05) is 0 Å². The molecule has 0 radical (unpaired) electrons. The summed E-state index contributed by atoms with van der Waals surface area (Å²) in [6.45, 7) is 3.68. The predicted molar refractivity (Wildman–Crippen MR) is 86.9 cm³/mol. The molecule has 1 amide bonds. The Hall–Kier alpha value is -3.02. The second kappa shape index (κ2) is 7.31. The zero-order chi connectivity index (χ0) is 16.8. The Bertz CT molecular complexity index is 721. The Kier molecular flexibility index (Phi) is 5.19. The van der Waals surface area contributed by atoms with E-state index >= 15 is 0 Å². The van der Waals surface area contributed by atoms with Gasteiger partial charge in [-0.05, 0) is 48.7 Å². The number of aromatic hydroxyl groups is 2. The molecule has 0 saturated carbocycles. The molecule has 120 valence electrons. The van der Waals surface area contributed by atoms with Crippen molar-refractivity contribution in [1.29, 1.82) is 0 Å². The fourth-order valence-corrected chi connectivity index (χ4v) is 2.00. The number of nitrogens with zero attached hydrogens (tertiary/aromatic N) is 1. The molecular formula is C17H18N2O4. The number of hydrogen-bond acceptors (Lipinski definition) is 5. The summed E-state index contributed by atoms with van der Waals surface area (Å²) >= 11 is 0. The number of aryl methyl sites for hydroxylation is 2. The van der Waals surface area contributed by atoms with Gasteiger partial charge in [0.2, 0.25) is 0 Å². The van der Waals surface area contributed by atoms with E-state index < -0.39 is 5.91 Å². The Balaban J connectivity index is 1.87. The highest BCUT2D eigenvalue weighted by molar-refractivity contribution is 5.83. The van der Waals surface area contributed by atoms with Crippen molar-refractivity contribution in [2.75, 3.05) is 6.61 Å². The van der Waals surface area contributed by atoms with E-state index in [-0.39, 0.29) is 18.1 Å². The highest BCUT2D eigenvalue weighted by Crippen LogP contribution is 2.24. The Morgan fingerprint density at radius 3 is 2.52 bits per heavy atom. The monoisotopic (exact) mass is 314 g/mol. The lowest BCUT2D eigenvalue weighted by atomic mass is 10.1. The van der Waals surface area contributed by atoms with Gasteiger partial charge >= 0.3 is 0 Å². The minimum Gasteiger partial charge on any atom is -0.504 e. The molecular weight excluding hydrogens is 296 g/mol. The normalized spacial score (nSPS) is 10.7. The van der Waals surface area contributed by atoms with Crippen LogP contribution in [0, 0.1) is 13.8 Å². The van der Waals surface area contributed by atoms with Crippen LogP contribution in [0.1, 0.15) is 16.7 Å². The first kappa shape index (κ1) is 16.4. The quantitative estimate of drug-likeness (QED) is 0.448. The van der Waals surface area contributed by atoms with Crippen LogP contribution in [0.2, 0.25) is 0 Å². The maximum atomic E-state index is 11.7. The van der Waals surface area contributed by atoms with Gasteiger partial charge < -0.3 is 14.9 Å². The third kappa shape index (κ3) is 4.47. The second-order valence-corrected chi connectivity index (χ2v) is 5.05. The van der Waals surface area contributed by atoms with E-state index in [1.54, 1.807) is 6.07 Å². The lowest BCUT2D eigenvalue weighted by Gasteiger charge is -2.10. The summed E-state index contributed by atoms with van der Waals surface area (Å²) in [7, 11) is 0. The number of hydrazone groups is 1. The topological polar surface area (TPSA) is 91.2 Å². The number of phenolic OH excluding ortho intramolecular Hbond substituents is 2. The van der Waals surface area contributed by atoms with Gasteiger partial charge in [0.25, 0.3) is 5.91 Å². The van der Waals surface area contributed by atoms with Gasteiger partial charge in [-0.15, -0.1) is 0 Å². The van der Waals surface area contributed by atoms with Crippen LogP contribution in [0.25, 0.3) is 0 Å². The number of hydrogen-bond donors (Lipinski definition) is 3. The molecule has 0 spiro atoms. The van der Waals surface area contributed by atoms with E-state index in [0.29, 0.717) is 11.3 Å². The largest absolute Gasteiger partial charge is 0.504 e. The molecule has 0 aromatic heterocycles. The first-order chi connectivity index (χ1) is 11.0. The van der Waals surface area contributed by atoms with Crippen molar-refractivity contribution in [3.8, 4) is 17.2 Å². The summed E-state index contributed by atoms with van der Waals surface area (Å²) in [4.78, 5) is 11.7. The van der Waals surface area contributed by atoms with Crippen LogP contribution in [-0.4, -0.2) is 28.9 Å². The van der Waals surface area contributed by atoms with Gasteiger partial charge in [0.1, 0.15) is 5.75 Å². The van der Waals surface area contributed by atoms with Crippen LogP contribution in [0.4, 0.5) is 0 Å². The van der Waals surface area contributed by atoms with Crippen molar-refractivity contribution >= 4 is 12.1 Å². The number of carbonyl (C=O) groups excluding carboxylic acids is 1. The standard InChI is InChI=1S/C17H18N2O4/c1-11-4-3-5-12(2)17(11)23-10-16(22)19-18-9-13-6-7-14(20)15(21)8-13/h3-9,20-21H,10H2,1-2H3,(H,19,22). The van der Waals surface area contributed by atoms with Crippen molar-refractivity contribution in [3.63, 3.8) is 0 Å². The first-order valence-electron chi connectivity index (χ1n) is 7.00. The Labute approximate surface area is 134 Å². The molecule has 6 nitrogen and oxygen atoms in total. The maximum absolute atomic E-state index is 11.7. The summed E-state index contributed by atoms with van der Waals surface area (Å²) in [5, 5.41) is 22.3. The number of nitrogens with one attached hydrogen (secondary N) is 1. The van der Waals surface area contributed by atoms with Gasteiger partial charge in [-0.3, -0.25) is 4.79 Å². The molecule has 0 aliphatic rings. The van der Waals surface area contributed by atoms with Crippen LogP contribution in [-0.2, 0) is 4.79 Å². The molecule has 0 fully saturated rings. The summed E-state index contributed by atoms with van der Waals surface area (Å²) in [6.07, 6.45) is 1.36. The molecule has 2 rings (SSSR count). The molecule has 2 aromatic rings. The molecule has 0 bridgehead atoms. The number of carbonyl (C=O) groups is 1. The summed E-state index contributed by atoms with van der Waals surface area (Å²) in [5.41, 5.74) is 4.79. The van der Waals surface area contributed by atoms with Crippen LogP contribution < -0.4 is 10.2 Å². The number of amides is 1. The lowest BCUT2D eigenvalue weighted by molar-refractivity contribution is -0.123. The van der Waals surface area contributed by atoms with Gasteiger partial charge in [-0.2, -0.15) is 5.10 Å². The maximum Gasteiger partial charge on any atom is 0.277 e. The van der Waals surface area contributed by atoms with Crippen molar-refractivity contribution in [1.82, 2.24) is 5.43 Å². The average Bonchev–Trinajstić information content (AvgIpc) is 2.50. The summed E-state index contributed by atoms with van der Waals surface area (Å²) in [5.74, 6) is -0.172. The number of rotatable bonds is 5. The summed E-state index contributed by atoms with van der Waals surface area (Å²) in [6, 6.07) is 9.97. The molecule has 2 aromatic carbocycles. The fraction of sp³-hybridized carbons (Fsp3) is 0.176. The lowest BCUT2D eigenvalue weighted by Crippen LogP contribution is -2.25. The van der Waals surface area contributed by atoms with E-state index in [0.717, 1.165) is 11.1 Å². The smallest absolute Gasteiger partial charge is 0.277 e. The molecule has 0 heterocycles. The molecule has 6 heteroatoms. The van der Waals surface area contributed by atoms with Crippen molar-refractivity contribution in [3.05, 3.63) is 53.1 Å². The Morgan fingerprint density at radius 1 is 1.17 bits per heavy atom. The average molecular weight is 314 g/mol. The van der Waals surface area contributed by atoms with Gasteiger partial charge in [0.05, 0.1) is 6.21 Å². The molecule has 0 aliphatic heterocycles. The molecule has 3 N–H and O–H groups in total. The molecule has 0 atom stereocenters. The first-order valence-corrected chi connectivity index (χ1v) is 7.00. The number of para-hydroxylation sites is 1. The van der Waals surface area contributed by atoms with Crippen LogP contribution in [0.5, 0.6) is 17.2 Å². The van der Waals surface area contributed by atoms with Gasteiger partial charge in [-0.1, -0.05) is 18.2 Å². The van der Waals surface area contributed by atoms with E-state index in [1.165, 1.54) is 18.3 Å². The minimum atomic E-state index is -0.396. The van der Waals surface area contributed by atoms with E-state index in [2.05, 4.69) is 10.5 Å². The fourth-order valence-electron chi connectivity index (χ4n) is 2.00. The SMILES string of the molecule is Cc1cccc(C)c1OCC(=O)NN=Cc1ccc(O)c(O)c1. The van der Waals surface area contributed by atoms with Crippen molar-refractivity contribution in [2.24, 2.45) is 5.10 Å². The molecule has 0 unspecified atom stereocenters. The molecule has 23 heavy (non-hydrogen) atoms. The highest BCUT2D eigenvalue weighted by atomic mass is 16.5. The van der Waals surface area contributed by atoms with Crippen LogP contribution in [0.3, 0.4) is 0 Å². The van der Waals surface area contributed by atoms with Crippen LogP contribution >= 0.6 is 0 Å². The third-order valence-electron chi connectivity index (χ3n) is 3.16. The zero-order valence-corrected chi connectivity index (χ0v) is 12.9. The van der Waals surface area contributed by atoms with Crippen molar-refractivity contribution < 1.29 is 19.7 Å². The second-order valence-electron chi connectivity index (χ2n) is 5.05. The minimum absolute atomic E-state index is 0.149. The van der Waals surface area contributed by atoms with Gasteiger partial charge in [-0.25, -0.2) is 5.43 Å². The number of phenols is 2. The highest BCUT2D eigenvalue weighted by Gasteiger charge is 2.06. The predicted octanol–water partition coefficient (Wildman–Crippen LogP) is 2.24. The van der Waals surface area contributed by atoms with Crippen LogP contribution in [0.15, 0.2) is 41.5 Å². The molecule has 0 saturated heterocycles. The van der Waals surface area contributed by atoms with Gasteiger partial charge in [0.15, 0.2) is 18.1 Å². The Morgan fingerprint density at radius 2 is 1.87 bits per heavy atom. The third-order valence-corrected chi connectivity index (χ3v) is 3.16.